The highest BCUT2D eigenvalue weighted by atomic mass is 35.5. The maximum atomic E-state index is 11.7. The maximum Gasteiger partial charge on any atom is 0.275 e. The Labute approximate surface area is 187 Å². The fraction of sp³-hybridized carbons (Fsp3) is 0.273. The lowest BCUT2D eigenvalue weighted by Gasteiger charge is -2.48. The minimum absolute atomic E-state index is 0.0660. The zero-order chi connectivity index (χ0) is 23.3. The lowest BCUT2D eigenvalue weighted by atomic mass is 9.53. The first kappa shape index (κ1) is 21.3. The van der Waals surface area contributed by atoms with Crippen molar-refractivity contribution >= 4 is 23.2 Å². The Hall–Kier alpha value is -3.97. The molecule has 0 radical (unpaired) electrons. The minimum Gasteiger partial charge on any atom is -0.443 e. The second-order valence-corrected chi connectivity index (χ2v) is 8.03. The first-order chi connectivity index (χ1) is 15.2. The fourth-order valence-electron chi connectivity index (χ4n) is 4.70. The van der Waals surface area contributed by atoms with Crippen LogP contribution in [0.5, 0.6) is 0 Å². The van der Waals surface area contributed by atoms with Crippen LogP contribution in [-0.2, 0) is 15.3 Å². The van der Waals surface area contributed by atoms with E-state index in [9.17, 15) is 25.9 Å². The number of nitrogens with zero attached hydrogens (tertiary/aromatic N) is 4. The fourth-order valence-corrected chi connectivity index (χ4v) is 4.83. The van der Waals surface area contributed by atoms with Gasteiger partial charge in [0.1, 0.15) is 6.10 Å². The molecule has 4 atom stereocenters. The first-order valence-electron chi connectivity index (χ1n) is 9.43. The third-order valence-corrected chi connectivity index (χ3v) is 6.58. The quantitative estimate of drug-likeness (QED) is 0.540. The Morgan fingerprint density at radius 3 is 2.28 bits per heavy atom. The van der Waals surface area contributed by atoms with Crippen molar-refractivity contribution < 1.29 is 14.4 Å². The van der Waals surface area contributed by atoms with E-state index >= 15 is 0 Å². The molecule has 2 aliphatic heterocycles. The van der Waals surface area contributed by atoms with E-state index in [1.165, 1.54) is 24.3 Å². The number of nitro groups is 1. The number of nitriles is 3. The van der Waals surface area contributed by atoms with Crippen LogP contribution in [-0.4, -0.2) is 10.8 Å². The molecule has 32 heavy (non-hydrogen) atoms. The first-order valence-corrected chi connectivity index (χ1v) is 9.81. The van der Waals surface area contributed by atoms with Crippen molar-refractivity contribution in [2.75, 3.05) is 0 Å². The average molecular weight is 448 g/mol. The number of hydrogen-bond donors (Lipinski definition) is 1. The molecule has 0 amide bonds. The molecular weight excluding hydrogens is 434 g/mol. The topological polar surface area (TPSA) is 157 Å². The molecule has 2 aromatic rings. The van der Waals surface area contributed by atoms with Gasteiger partial charge in [0.25, 0.3) is 5.69 Å². The van der Waals surface area contributed by atoms with Crippen LogP contribution in [0, 0.1) is 66.3 Å². The van der Waals surface area contributed by atoms with E-state index in [1.807, 2.05) is 18.2 Å². The summed E-state index contributed by atoms with van der Waals surface area (Å²) in [6.45, 7) is 1.55. The zero-order valence-corrected chi connectivity index (χ0v) is 17.3. The number of rotatable bonds is 3. The number of ether oxygens (including phenoxy) is 2. The van der Waals surface area contributed by atoms with Crippen molar-refractivity contribution in [1.82, 2.24) is 0 Å². The maximum absolute atomic E-state index is 11.7. The highest BCUT2D eigenvalue weighted by Crippen LogP contribution is 2.69. The van der Waals surface area contributed by atoms with Crippen LogP contribution in [0.3, 0.4) is 0 Å². The van der Waals surface area contributed by atoms with E-state index in [4.69, 9.17) is 26.5 Å². The number of nitrogens with one attached hydrogen (secondary N) is 1. The summed E-state index contributed by atoms with van der Waals surface area (Å²) in [5.74, 6) is -3.33. The smallest absolute Gasteiger partial charge is 0.275 e. The summed E-state index contributed by atoms with van der Waals surface area (Å²) in [4.78, 5) is 11.1. The molecule has 2 fully saturated rings. The van der Waals surface area contributed by atoms with E-state index < -0.39 is 39.5 Å². The van der Waals surface area contributed by atoms with Gasteiger partial charge in [-0.25, -0.2) is 0 Å². The normalized spacial score (nSPS) is 29.8. The van der Waals surface area contributed by atoms with E-state index in [1.54, 1.807) is 31.2 Å². The van der Waals surface area contributed by atoms with Gasteiger partial charge >= 0.3 is 0 Å². The third kappa shape index (κ3) is 2.37. The van der Waals surface area contributed by atoms with Gasteiger partial charge in [0.05, 0.1) is 34.6 Å². The summed E-state index contributed by atoms with van der Waals surface area (Å²) < 4.78 is 12.1. The monoisotopic (exact) mass is 447 g/mol. The number of para-hydroxylation sites is 1. The van der Waals surface area contributed by atoms with Crippen LogP contribution >= 0.6 is 11.6 Å². The molecule has 0 saturated carbocycles. The standard InChI is InChI=1S/C22H14ClN5O4/c1-13-21(12-26)19(27)32-22(13,14-6-8-15(23)9-7-14)31-18(20(21,10-24)11-25)16-4-2-3-5-17(16)28(29)30/h2-9,13,18,27H,1H3. The number of fused-ring (bicyclic) bond motifs is 2. The summed E-state index contributed by atoms with van der Waals surface area (Å²) in [5, 5.41) is 51.4. The molecular formula is C22H14ClN5O4. The van der Waals surface area contributed by atoms with Crippen LogP contribution in [0.4, 0.5) is 5.69 Å². The van der Waals surface area contributed by atoms with Gasteiger partial charge in [0, 0.05) is 16.7 Å². The zero-order valence-electron chi connectivity index (χ0n) is 16.6. The second-order valence-electron chi connectivity index (χ2n) is 7.59. The Bertz CT molecular complexity index is 1260. The Kier molecular flexibility index (Phi) is 4.67. The molecule has 158 valence electrons. The molecule has 2 aliphatic rings. The summed E-state index contributed by atoms with van der Waals surface area (Å²) in [6, 6.07) is 17.6. The van der Waals surface area contributed by atoms with E-state index in [0.717, 1.165) is 0 Å². The highest BCUT2D eigenvalue weighted by molar-refractivity contribution is 6.30. The summed E-state index contributed by atoms with van der Waals surface area (Å²) in [5.41, 5.74) is -4.40. The molecule has 10 heteroatoms. The lowest BCUT2D eigenvalue weighted by Crippen LogP contribution is -2.57. The van der Waals surface area contributed by atoms with Gasteiger partial charge in [-0.1, -0.05) is 42.8 Å². The van der Waals surface area contributed by atoms with Crippen LogP contribution < -0.4 is 0 Å². The van der Waals surface area contributed by atoms with Crippen molar-refractivity contribution in [3.63, 3.8) is 0 Å². The van der Waals surface area contributed by atoms with Crippen molar-refractivity contribution in [2.45, 2.75) is 18.8 Å². The Balaban J connectivity index is 2.08. The molecule has 4 unspecified atom stereocenters. The summed E-state index contributed by atoms with van der Waals surface area (Å²) in [7, 11) is 0. The van der Waals surface area contributed by atoms with Crippen LogP contribution in [0.1, 0.15) is 24.2 Å². The predicted molar refractivity (Wildman–Crippen MR) is 110 cm³/mol. The van der Waals surface area contributed by atoms with E-state index in [2.05, 4.69) is 0 Å². The summed E-state index contributed by atoms with van der Waals surface area (Å²) >= 11 is 6.00. The van der Waals surface area contributed by atoms with Gasteiger partial charge in [0.15, 0.2) is 5.41 Å². The third-order valence-electron chi connectivity index (χ3n) is 6.33. The van der Waals surface area contributed by atoms with Gasteiger partial charge in [-0.3, -0.25) is 15.5 Å². The molecule has 9 nitrogen and oxygen atoms in total. The SMILES string of the molecule is CC1C2(c3ccc(Cl)cc3)OC(=N)C1(C#N)C(C#N)(C#N)C(c1ccccc1[N+](=O)[O-])O2. The Morgan fingerprint density at radius 1 is 1.09 bits per heavy atom. The highest BCUT2D eigenvalue weighted by Gasteiger charge is 2.80. The van der Waals surface area contributed by atoms with Gasteiger partial charge in [-0.2, -0.15) is 15.8 Å². The number of hydrogen-bond acceptors (Lipinski definition) is 8. The van der Waals surface area contributed by atoms with Crippen molar-refractivity contribution in [3.05, 3.63) is 74.8 Å². The molecule has 2 heterocycles. The molecule has 0 aromatic heterocycles. The largest absolute Gasteiger partial charge is 0.443 e. The molecule has 2 aromatic carbocycles. The molecule has 1 N–H and O–H groups in total. The van der Waals surface area contributed by atoms with Gasteiger partial charge in [0.2, 0.25) is 17.1 Å². The van der Waals surface area contributed by atoms with Crippen LogP contribution in [0.15, 0.2) is 48.5 Å². The van der Waals surface area contributed by atoms with Gasteiger partial charge in [-0.15, -0.1) is 0 Å². The summed E-state index contributed by atoms with van der Waals surface area (Å²) in [6.07, 6.45) is -1.56. The van der Waals surface area contributed by atoms with Crippen molar-refractivity contribution in [1.29, 1.82) is 21.2 Å². The van der Waals surface area contributed by atoms with Crippen LogP contribution in [0.25, 0.3) is 0 Å². The number of benzene rings is 2. The van der Waals surface area contributed by atoms with Gasteiger partial charge < -0.3 is 9.47 Å². The van der Waals surface area contributed by atoms with Gasteiger partial charge in [-0.05, 0) is 18.2 Å². The average Bonchev–Trinajstić information content (AvgIpc) is 2.95. The molecule has 2 saturated heterocycles. The van der Waals surface area contributed by atoms with E-state index in [-0.39, 0.29) is 11.3 Å². The molecule has 0 aliphatic carbocycles. The van der Waals surface area contributed by atoms with Crippen LogP contribution in [0.2, 0.25) is 5.02 Å². The lowest BCUT2D eigenvalue weighted by molar-refractivity contribution is -0.387. The van der Waals surface area contributed by atoms with Crippen molar-refractivity contribution in [3.8, 4) is 18.2 Å². The second kappa shape index (κ2) is 7.03. The molecule has 2 bridgehead atoms. The molecule has 0 spiro atoms. The molecule has 4 rings (SSSR count). The van der Waals surface area contributed by atoms with Crippen molar-refractivity contribution in [2.24, 2.45) is 16.7 Å². The Morgan fingerprint density at radius 2 is 1.72 bits per heavy atom. The van der Waals surface area contributed by atoms with E-state index in [0.29, 0.717) is 10.6 Å². The number of nitro benzene ring substituents is 1. The predicted octanol–water partition coefficient (Wildman–Crippen LogP) is 4.36. The number of halogens is 1. The minimum atomic E-state index is -2.29.